The molecule has 1 saturated carbocycles. The second-order valence-electron chi connectivity index (χ2n) is 5.34. The van der Waals surface area contributed by atoms with E-state index < -0.39 is 0 Å². The smallest absolute Gasteiger partial charge is 0.294 e. The molecule has 5 heteroatoms. The molecule has 0 aliphatic heterocycles. The summed E-state index contributed by atoms with van der Waals surface area (Å²) in [5.41, 5.74) is 8.48. The minimum atomic E-state index is -0.302. The van der Waals surface area contributed by atoms with Crippen LogP contribution in [-0.2, 0) is 6.54 Å². The van der Waals surface area contributed by atoms with Crippen LogP contribution in [0.3, 0.4) is 0 Å². The van der Waals surface area contributed by atoms with E-state index in [2.05, 4.69) is 0 Å². The lowest BCUT2D eigenvalue weighted by Crippen LogP contribution is -2.23. The zero-order valence-corrected chi connectivity index (χ0v) is 11.7. The predicted octanol–water partition coefficient (Wildman–Crippen LogP) is 2.57. The maximum absolute atomic E-state index is 13.3. The maximum atomic E-state index is 13.3. The van der Waals surface area contributed by atoms with E-state index in [4.69, 9.17) is 5.73 Å². The van der Waals surface area contributed by atoms with Gasteiger partial charge in [-0.1, -0.05) is 0 Å². The number of halogens is 1. The summed E-state index contributed by atoms with van der Waals surface area (Å²) in [4.78, 5) is 12.5. The van der Waals surface area contributed by atoms with Crippen LogP contribution in [0.5, 0.6) is 0 Å². The fourth-order valence-corrected chi connectivity index (χ4v) is 2.78. The van der Waals surface area contributed by atoms with Crippen molar-refractivity contribution in [2.24, 2.45) is 0 Å². The molecular formula is C15H18FN3O. The molecule has 4 nitrogen and oxygen atoms in total. The Balaban J connectivity index is 2.28. The number of aryl methyl sites for hydroxylation is 1. The number of hydrogen-bond donors (Lipinski definition) is 1. The molecule has 1 fully saturated rings. The third-order valence-corrected chi connectivity index (χ3v) is 3.87. The predicted molar refractivity (Wildman–Crippen MR) is 76.8 cm³/mol. The Bertz CT molecular complexity index is 725. The Hall–Kier alpha value is -2.04. The normalized spacial score (nSPS) is 14.8. The first-order valence-corrected chi connectivity index (χ1v) is 6.92. The van der Waals surface area contributed by atoms with Gasteiger partial charge >= 0.3 is 0 Å². The first-order chi connectivity index (χ1) is 9.54. The van der Waals surface area contributed by atoms with Gasteiger partial charge in [0.25, 0.3) is 5.56 Å². The largest absolute Gasteiger partial charge is 0.393 e. The van der Waals surface area contributed by atoms with Crippen molar-refractivity contribution in [3.63, 3.8) is 0 Å². The third-order valence-electron chi connectivity index (χ3n) is 3.87. The van der Waals surface area contributed by atoms with Gasteiger partial charge in [0.05, 0.1) is 11.4 Å². The van der Waals surface area contributed by atoms with Crippen molar-refractivity contribution in [3.05, 3.63) is 45.6 Å². The highest BCUT2D eigenvalue weighted by molar-refractivity contribution is 5.50. The van der Waals surface area contributed by atoms with Crippen LogP contribution in [0, 0.1) is 12.7 Å². The van der Waals surface area contributed by atoms with Crippen LogP contribution in [0.4, 0.5) is 10.1 Å². The van der Waals surface area contributed by atoms with Crippen LogP contribution in [0.2, 0.25) is 0 Å². The van der Waals surface area contributed by atoms with Crippen molar-refractivity contribution in [1.82, 2.24) is 9.36 Å². The Morgan fingerprint density at radius 3 is 2.65 bits per heavy atom. The van der Waals surface area contributed by atoms with Crippen LogP contribution in [0.1, 0.15) is 36.9 Å². The topological polar surface area (TPSA) is 52.9 Å². The maximum Gasteiger partial charge on any atom is 0.294 e. The lowest BCUT2D eigenvalue weighted by Gasteiger charge is -2.14. The highest BCUT2D eigenvalue weighted by Gasteiger charge is 2.32. The van der Waals surface area contributed by atoms with Gasteiger partial charge in [0.1, 0.15) is 11.5 Å². The summed E-state index contributed by atoms with van der Waals surface area (Å²) in [5, 5.41) is 0. The van der Waals surface area contributed by atoms with Gasteiger partial charge in [0, 0.05) is 12.5 Å². The van der Waals surface area contributed by atoms with Crippen molar-refractivity contribution in [3.8, 4) is 5.69 Å². The summed E-state index contributed by atoms with van der Waals surface area (Å²) in [6.45, 7) is 4.44. The molecule has 1 heterocycles. The van der Waals surface area contributed by atoms with E-state index in [0.717, 1.165) is 24.1 Å². The zero-order chi connectivity index (χ0) is 14.4. The Morgan fingerprint density at radius 2 is 2.10 bits per heavy atom. The molecule has 20 heavy (non-hydrogen) atoms. The van der Waals surface area contributed by atoms with Gasteiger partial charge in [0.2, 0.25) is 0 Å². The number of benzene rings is 1. The van der Waals surface area contributed by atoms with Crippen LogP contribution >= 0.6 is 0 Å². The van der Waals surface area contributed by atoms with E-state index in [1.807, 2.05) is 11.6 Å². The van der Waals surface area contributed by atoms with Crippen molar-refractivity contribution >= 4 is 5.69 Å². The van der Waals surface area contributed by atoms with Gasteiger partial charge in [0.15, 0.2) is 0 Å². The molecular weight excluding hydrogens is 257 g/mol. The molecule has 0 radical (unpaired) electrons. The fourth-order valence-electron chi connectivity index (χ4n) is 2.78. The molecule has 0 unspecified atom stereocenters. The van der Waals surface area contributed by atoms with E-state index >= 15 is 0 Å². The van der Waals surface area contributed by atoms with Gasteiger partial charge < -0.3 is 5.73 Å². The highest BCUT2D eigenvalue weighted by Crippen LogP contribution is 2.42. The average molecular weight is 275 g/mol. The van der Waals surface area contributed by atoms with Crippen LogP contribution < -0.4 is 11.3 Å². The molecule has 1 aliphatic rings. The summed E-state index contributed by atoms with van der Waals surface area (Å²) < 4.78 is 16.8. The average Bonchev–Trinajstić information content (AvgIpc) is 3.20. The molecule has 0 saturated heterocycles. The number of nitrogen functional groups attached to an aromatic ring is 1. The second kappa shape index (κ2) is 4.51. The van der Waals surface area contributed by atoms with Gasteiger partial charge in [-0.15, -0.1) is 0 Å². The molecule has 1 aromatic heterocycles. The van der Waals surface area contributed by atoms with Gasteiger partial charge in [-0.2, -0.15) is 0 Å². The van der Waals surface area contributed by atoms with Crippen molar-refractivity contribution in [2.45, 2.75) is 39.2 Å². The van der Waals surface area contributed by atoms with Gasteiger partial charge in [-0.3, -0.25) is 9.48 Å². The molecule has 2 aromatic rings. The summed E-state index contributed by atoms with van der Waals surface area (Å²) in [6.07, 6.45) is 2.16. The highest BCUT2D eigenvalue weighted by atomic mass is 19.1. The van der Waals surface area contributed by atoms with E-state index in [1.54, 1.807) is 17.7 Å². The second-order valence-corrected chi connectivity index (χ2v) is 5.34. The first-order valence-electron chi connectivity index (χ1n) is 6.92. The zero-order valence-electron chi connectivity index (χ0n) is 11.7. The van der Waals surface area contributed by atoms with Crippen LogP contribution in [0.25, 0.3) is 5.69 Å². The van der Waals surface area contributed by atoms with Crippen molar-refractivity contribution < 1.29 is 4.39 Å². The number of nitrogens with zero attached hydrogens (tertiary/aromatic N) is 2. The van der Waals surface area contributed by atoms with Crippen LogP contribution in [-0.4, -0.2) is 9.36 Å². The number of hydrogen-bond acceptors (Lipinski definition) is 2. The third kappa shape index (κ3) is 1.85. The Morgan fingerprint density at radius 1 is 1.40 bits per heavy atom. The van der Waals surface area contributed by atoms with E-state index in [0.29, 0.717) is 23.8 Å². The SMILES string of the molecule is CCn1c(C2CC2)c(N)c(=O)n1-c1ccc(F)cc1C. The summed E-state index contributed by atoms with van der Waals surface area (Å²) in [6, 6.07) is 4.44. The molecule has 0 bridgehead atoms. The molecule has 0 atom stereocenters. The standard InChI is InChI=1S/C15H18FN3O/c1-3-18-14(10-4-5-10)13(17)15(20)19(18)12-7-6-11(16)8-9(12)2/h6-8,10H,3-5,17H2,1-2H3. The fraction of sp³-hybridized carbons (Fsp3) is 0.400. The van der Waals surface area contributed by atoms with Crippen molar-refractivity contribution in [1.29, 1.82) is 0 Å². The Labute approximate surface area is 116 Å². The van der Waals surface area contributed by atoms with Crippen LogP contribution in [0.15, 0.2) is 23.0 Å². The number of nitrogens with two attached hydrogens (primary N) is 1. The minimum absolute atomic E-state index is 0.205. The molecule has 0 amide bonds. The van der Waals surface area contributed by atoms with Gasteiger partial charge in [-0.25, -0.2) is 9.07 Å². The summed E-state index contributed by atoms with van der Waals surface area (Å²) in [7, 11) is 0. The van der Waals surface area contributed by atoms with Gasteiger partial charge in [-0.05, 0) is 50.5 Å². The monoisotopic (exact) mass is 275 g/mol. The molecule has 2 N–H and O–H groups in total. The number of anilines is 1. The van der Waals surface area contributed by atoms with E-state index in [-0.39, 0.29) is 11.4 Å². The summed E-state index contributed by atoms with van der Waals surface area (Å²) >= 11 is 0. The number of rotatable bonds is 3. The molecule has 1 aliphatic carbocycles. The lowest BCUT2D eigenvalue weighted by atomic mass is 10.2. The minimum Gasteiger partial charge on any atom is -0.393 e. The summed E-state index contributed by atoms with van der Waals surface area (Å²) in [5.74, 6) is 0.0916. The van der Waals surface area contributed by atoms with E-state index in [9.17, 15) is 9.18 Å². The Kier molecular flexibility index (Phi) is 2.92. The molecule has 1 aromatic carbocycles. The molecule has 0 spiro atoms. The van der Waals surface area contributed by atoms with Crippen molar-refractivity contribution in [2.75, 3.05) is 5.73 Å². The molecule has 3 rings (SSSR count). The number of aromatic nitrogens is 2. The quantitative estimate of drug-likeness (QED) is 0.936. The van der Waals surface area contributed by atoms with E-state index in [1.165, 1.54) is 12.1 Å². The lowest BCUT2D eigenvalue weighted by molar-refractivity contribution is 0.546. The molecule has 106 valence electrons. The first kappa shape index (κ1) is 13.0.